The SMILES string of the molecule is O=C(C1CCC1)N1CCN(Cc2noc(-c3cccc(F)c3)n2)CC1. The molecule has 2 fully saturated rings. The molecule has 1 amide bonds. The maximum absolute atomic E-state index is 13.3. The van der Waals surface area contributed by atoms with E-state index in [0.29, 0.717) is 29.7 Å². The molecule has 6 nitrogen and oxygen atoms in total. The Kier molecular flexibility index (Phi) is 4.48. The number of benzene rings is 1. The zero-order chi connectivity index (χ0) is 17.2. The lowest BCUT2D eigenvalue weighted by Gasteiger charge is -2.37. The van der Waals surface area contributed by atoms with Crippen LogP contribution in [0, 0.1) is 11.7 Å². The van der Waals surface area contributed by atoms with Gasteiger partial charge in [-0.2, -0.15) is 4.98 Å². The molecule has 1 saturated carbocycles. The Balaban J connectivity index is 1.32. The van der Waals surface area contributed by atoms with Crippen molar-refractivity contribution < 1.29 is 13.7 Å². The molecule has 0 atom stereocenters. The Morgan fingerprint density at radius 2 is 2.04 bits per heavy atom. The maximum atomic E-state index is 13.3. The number of halogens is 1. The highest BCUT2D eigenvalue weighted by molar-refractivity contribution is 5.79. The van der Waals surface area contributed by atoms with Crippen LogP contribution < -0.4 is 0 Å². The summed E-state index contributed by atoms with van der Waals surface area (Å²) in [6, 6.07) is 6.12. The van der Waals surface area contributed by atoms with Crippen molar-refractivity contribution >= 4 is 5.91 Å². The highest BCUT2D eigenvalue weighted by Gasteiger charge is 2.31. The van der Waals surface area contributed by atoms with Crippen LogP contribution in [0.15, 0.2) is 28.8 Å². The fourth-order valence-corrected chi connectivity index (χ4v) is 3.30. The summed E-state index contributed by atoms with van der Waals surface area (Å²) in [4.78, 5) is 20.8. The molecule has 1 aromatic carbocycles. The van der Waals surface area contributed by atoms with Crippen LogP contribution in [-0.2, 0) is 11.3 Å². The Morgan fingerprint density at radius 1 is 1.24 bits per heavy atom. The maximum Gasteiger partial charge on any atom is 0.258 e. The molecule has 0 unspecified atom stereocenters. The number of carbonyl (C=O) groups is 1. The number of nitrogens with zero attached hydrogens (tertiary/aromatic N) is 4. The third kappa shape index (κ3) is 3.56. The van der Waals surface area contributed by atoms with E-state index in [1.165, 1.54) is 18.6 Å². The van der Waals surface area contributed by atoms with Crippen molar-refractivity contribution in [2.24, 2.45) is 5.92 Å². The Labute approximate surface area is 145 Å². The van der Waals surface area contributed by atoms with E-state index >= 15 is 0 Å². The average molecular weight is 344 g/mol. The van der Waals surface area contributed by atoms with Gasteiger partial charge in [0.2, 0.25) is 5.91 Å². The lowest BCUT2D eigenvalue weighted by atomic mass is 9.84. The molecule has 1 aliphatic carbocycles. The van der Waals surface area contributed by atoms with E-state index in [1.54, 1.807) is 12.1 Å². The second kappa shape index (κ2) is 6.92. The van der Waals surface area contributed by atoms with Gasteiger partial charge in [0.1, 0.15) is 5.82 Å². The normalized spacial score (nSPS) is 19.0. The molecule has 7 heteroatoms. The molecule has 25 heavy (non-hydrogen) atoms. The van der Waals surface area contributed by atoms with Crippen molar-refractivity contribution in [2.45, 2.75) is 25.8 Å². The summed E-state index contributed by atoms with van der Waals surface area (Å²) in [6.07, 6.45) is 3.28. The van der Waals surface area contributed by atoms with Gasteiger partial charge in [0.05, 0.1) is 6.54 Å². The molecule has 0 bridgehead atoms. The van der Waals surface area contributed by atoms with Crippen molar-refractivity contribution in [1.29, 1.82) is 0 Å². The summed E-state index contributed by atoms with van der Waals surface area (Å²) in [5.41, 5.74) is 0.578. The van der Waals surface area contributed by atoms with E-state index in [0.717, 1.165) is 39.0 Å². The second-order valence-electron chi connectivity index (χ2n) is 6.76. The summed E-state index contributed by atoms with van der Waals surface area (Å²) < 4.78 is 18.5. The molecular weight excluding hydrogens is 323 g/mol. The first-order chi connectivity index (χ1) is 12.2. The van der Waals surface area contributed by atoms with E-state index in [2.05, 4.69) is 15.0 Å². The van der Waals surface area contributed by atoms with Gasteiger partial charge in [0, 0.05) is 37.7 Å². The molecule has 2 aliphatic rings. The fourth-order valence-electron chi connectivity index (χ4n) is 3.30. The number of hydrogen-bond donors (Lipinski definition) is 0. The number of rotatable bonds is 4. The van der Waals surface area contributed by atoms with Gasteiger partial charge in [0.25, 0.3) is 5.89 Å². The summed E-state index contributed by atoms with van der Waals surface area (Å²) in [5, 5.41) is 3.99. The molecule has 2 heterocycles. The van der Waals surface area contributed by atoms with E-state index in [9.17, 15) is 9.18 Å². The summed E-state index contributed by atoms with van der Waals surface area (Å²) in [6.45, 7) is 3.70. The highest BCUT2D eigenvalue weighted by atomic mass is 19.1. The molecule has 132 valence electrons. The first kappa shape index (κ1) is 16.2. The van der Waals surface area contributed by atoms with Crippen LogP contribution in [0.3, 0.4) is 0 Å². The highest BCUT2D eigenvalue weighted by Crippen LogP contribution is 2.28. The zero-order valence-corrected chi connectivity index (χ0v) is 14.0. The van der Waals surface area contributed by atoms with Gasteiger partial charge in [-0.05, 0) is 31.0 Å². The van der Waals surface area contributed by atoms with E-state index in [1.807, 2.05) is 4.90 Å². The fraction of sp³-hybridized carbons (Fsp3) is 0.500. The number of hydrogen-bond acceptors (Lipinski definition) is 5. The molecule has 0 radical (unpaired) electrons. The average Bonchev–Trinajstić information content (AvgIpc) is 3.02. The van der Waals surface area contributed by atoms with E-state index in [4.69, 9.17) is 4.52 Å². The Morgan fingerprint density at radius 3 is 2.72 bits per heavy atom. The molecule has 2 aromatic rings. The van der Waals surface area contributed by atoms with Crippen molar-refractivity contribution in [1.82, 2.24) is 19.9 Å². The van der Waals surface area contributed by atoms with Crippen molar-refractivity contribution in [3.8, 4) is 11.5 Å². The van der Waals surface area contributed by atoms with Crippen LogP contribution in [0.25, 0.3) is 11.5 Å². The van der Waals surface area contributed by atoms with Gasteiger partial charge < -0.3 is 9.42 Å². The third-order valence-corrected chi connectivity index (χ3v) is 5.04. The lowest BCUT2D eigenvalue weighted by molar-refractivity contribution is -0.140. The molecule has 0 spiro atoms. The Bertz CT molecular complexity index is 751. The monoisotopic (exact) mass is 344 g/mol. The van der Waals surface area contributed by atoms with Crippen LogP contribution in [0.4, 0.5) is 4.39 Å². The van der Waals surface area contributed by atoms with Gasteiger partial charge in [-0.25, -0.2) is 4.39 Å². The number of amides is 1. The minimum Gasteiger partial charge on any atom is -0.340 e. The first-order valence-electron chi connectivity index (χ1n) is 8.79. The standard InChI is InChI=1S/C18H21FN4O2/c19-15-6-2-5-14(11-15)17-20-16(21-25-17)12-22-7-9-23(10-8-22)18(24)13-3-1-4-13/h2,5-6,11,13H,1,3-4,7-10,12H2. The van der Waals surface area contributed by atoms with Gasteiger partial charge in [0.15, 0.2) is 5.82 Å². The molecule has 0 N–H and O–H groups in total. The van der Waals surface area contributed by atoms with Crippen molar-refractivity contribution in [2.75, 3.05) is 26.2 Å². The van der Waals surface area contributed by atoms with Gasteiger partial charge >= 0.3 is 0 Å². The summed E-state index contributed by atoms with van der Waals surface area (Å²) >= 11 is 0. The van der Waals surface area contributed by atoms with Crippen LogP contribution in [0.1, 0.15) is 25.1 Å². The zero-order valence-electron chi connectivity index (χ0n) is 14.0. The topological polar surface area (TPSA) is 62.5 Å². The smallest absolute Gasteiger partial charge is 0.258 e. The van der Waals surface area contributed by atoms with Gasteiger partial charge in [-0.3, -0.25) is 9.69 Å². The van der Waals surface area contributed by atoms with Crippen LogP contribution in [-0.4, -0.2) is 52.0 Å². The molecule has 4 rings (SSSR count). The van der Waals surface area contributed by atoms with Crippen molar-refractivity contribution in [3.63, 3.8) is 0 Å². The minimum atomic E-state index is -0.329. The molecule has 1 aromatic heterocycles. The Hall–Kier alpha value is -2.28. The molecular formula is C18H21FN4O2. The second-order valence-corrected chi connectivity index (χ2v) is 6.76. The first-order valence-corrected chi connectivity index (χ1v) is 8.79. The van der Waals surface area contributed by atoms with Gasteiger partial charge in [-0.1, -0.05) is 17.6 Å². The number of aromatic nitrogens is 2. The summed E-state index contributed by atoms with van der Waals surface area (Å²) in [5.74, 6) is 1.16. The predicted octanol–water partition coefficient (Wildman–Crippen LogP) is 2.32. The summed E-state index contributed by atoms with van der Waals surface area (Å²) in [7, 11) is 0. The van der Waals surface area contributed by atoms with Crippen molar-refractivity contribution in [3.05, 3.63) is 35.9 Å². The van der Waals surface area contributed by atoms with E-state index in [-0.39, 0.29) is 11.7 Å². The third-order valence-electron chi connectivity index (χ3n) is 5.04. The van der Waals surface area contributed by atoms with Crippen LogP contribution in [0.2, 0.25) is 0 Å². The molecule has 1 aliphatic heterocycles. The number of piperazine rings is 1. The van der Waals surface area contributed by atoms with Crippen LogP contribution in [0.5, 0.6) is 0 Å². The number of carbonyl (C=O) groups excluding carboxylic acids is 1. The lowest BCUT2D eigenvalue weighted by Crippen LogP contribution is -2.50. The largest absolute Gasteiger partial charge is 0.340 e. The minimum absolute atomic E-state index is 0.262. The van der Waals surface area contributed by atoms with Gasteiger partial charge in [-0.15, -0.1) is 0 Å². The molecule has 1 saturated heterocycles. The quantitative estimate of drug-likeness (QED) is 0.852. The predicted molar refractivity (Wildman–Crippen MR) is 88.9 cm³/mol. The van der Waals surface area contributed by atoms with E-state index < -0.39 is 0 Å². The van der Waals surface area contributed by atoms with Crippen LogP contribution >= 0.6 is 0 Å².